The van der Waals surface area contributed by atoms with Crippen molar-refractivity contribution in [2.24, 2.45) is 0 Å². The molecule has 0 atom stereocenters. The predicted molar refractivity (Wildman–Crippen MR) is 102 cm³/mol. The molecule has 4 rings (SSSR count). The summed E-state index contributed by atoms with van der Waals surface area (Å²) >= 11 is 1.09. The Balaban J connectivity index is 1.82. The van der Waals surface area contributed by atoms with Crippen LogP contribution < -0.4 is 16.6 Å². The molecule has 1 aromatic carbocycles. The minimum Gasteiger partial charge on any atom is -0.352 e. The van der Waals surface area contributed by atoms with Crippen molar-refractivity contribution >= 4 is 27.5 Å². The molecule has 1 N–H and O–H groups in total. The van der Waals surface area contributed by atoms with Gasteiger partial charge in [0, 0.05) is 12.1 Å². The van der Waals surface area contributed by atoms with Gasteiger partial charge in [0.05, 0.1) is 11.2 Å². The summed E-state index contributed by atoms with van der Waals surface area (Å²) in [7, 11) is 0. The fourth-order valence-electron chi connectivity index (χ4n) is 3.60. The van der Waals surface area contributed by atoms with Crippen LogP contribution in [-0.2, 0) is 11.3 Å². The molecule has 3 aromatic rings. The number of rotatable bonds is 4. The number of benzene rings is 1. The number of fused-ring (bicyclic) bond motifs is 1. The van der Waals surface area contributed by atoms with E-state index in [0.717, 1.165) is 53.7 Å². The second-order valence-electron chi connectivity index (χ2n) is 6.79. The summed E-state index contributed by atoms with van der Waals surface area (Å²) in [6.45, 7) is -0.286. The highest BCUT2D eigenvalue weighted by atomic mass is 32.1. The Morgan fingerprint density at radius 3 is 2.64 bits per heavy atom. The maximum atomic E-state index is 14.3. The average molecular weight is 405 g/mol. The Bertz CT molecular complexity index is 1180. The largest absolute Gasteiger partial charge is 0.352 e. The number of nitrogens with one attached hydrogen (secondary N) is 1. The van der Waals surface area contributed by atoms with E-state index in [4.69, 9.17) is 0 Å². The molecule has 0 radical (unpaired) electrons. The molecule has 146 valence electrons. The highest BCUT2D eigenvalue weighted by Crippen LogP contribution is 2.19. The van der Waals surface area contributed by atoms with Crippen LogP contribution in [0.5, 0.6) is 0 Å². The lowest BCUT2D eigenvalue weighted by atomic mass is 10.2. The van der Waals surface area contributed by atoms with Crippen LogP contribution in [-0.4, -0.2) is 21.1 Å². The highest BCUT2D eigenvalue weighted by molar-refractivity contribution is 7.17. The number of hydrogen-bond acceptors (Lipinski definition) is 4. The second-order valence-corrected chi connectivity index (χ2v) is 7.70. The monoisotopic (exact) mass is 405 g/mol. The number of carbonyl (C=O) groups is 1. The van der Waals surface area contributed by atoms with Crippen molar-refractivity contribution in [3.63, 3.8) is 0 Å². The maximum absolute atomic E-state index is 14.3. The van der Waals surface area contributed by atoms with E-state index in [1.54, 1.807) is 11.4 Å². The van der Waals surface area contributed by atoms with Crippen molar-refractivity contribution in [1.82, 2.24) is 14.5 Å². The molecule has 9 heteroatoms. The van der Waals surface area contributed by atoms with Crippen molar-refractivity contribution in [3.05, 3.63) is 62.1 Å². The van der Waals surface area contributed by atoms with Gasteiger partial charge in [-0.15, -0.1) is 11.3 Å². The molecule has 0 saturated heterocycles. The molecule has 2 heterocycles. The van der Waals surface area contributed by atoms with Crippen molar-refractivity contribution in [3.8, 4) is 5.69 Å². The molecular formula is C19H17F2N3O3S. The molecule has 0 unspecified atom stereocenters. The van der Waals surface area contributed by atoms with E-state index in [1.807, 2.05) is 0 Å². The normalized spacial score (nSPS) is 14.6. The van der Waals surface area contributed by atoms with Gasteiger partial charge in [0.1, 0.15) is 22.9 Å². The Hall–Kier alpha value is -2.81. The lowest BCUT2D eigenvalue weighted by molar-refractivity contribution is -0.122. The maximum Gasteiger partial charge on any atom is 0.336 e. The minimum atomic E-state index is -1.03. The van der Waals surface area contributed by atoms with Gasteiger partial charge < -0.3 is 5.32 Å². The average Bonchev–Trinajstić information content (AvgIpc) is 3.32. The third kappa shape index (κ3) is 3.26. The van der Waals surface area contributed by atoms with Crippen LogP contribution >= 0.6 is 11.3 Å². The van der Waals surface area contributed by atoms with Crippen LogP contribution in [0.2, 0.25) is 0 Å². The molecule has 2 aromatic heterocycles. The quantitative estimate of drug-likeness (QED) is 0.725. The third-order valence-corrected chi connectivity index (χ3v) is 5.82. The van der Waals surface area contributed by atoms with E-state index in [9.17, 15) is 23.2 Å². The van der Waals surface area contributed by atoms with Gasteiger partial charge in [-0.1, -0.05) is 12.8 Å². The Labute approximate surface area is 162 Å². The predicted octanol–water partition coefficient (Wildman–Crippen LogP) is 2.55. The fraction of sp³-hybridized carbons (Fsp3) is 0.316. The summed E-state index contributed by atoms with van der Waals surface area (Å²) in [5.74, 6) is -2.19. The summed E-state index contributed by atoms with van der Waals surface area (Å²) in [5.41, 5.74) is -1.58. The Kier molecular flexibility index (Phi) is 4.84. The van der Waals surface area contributed by atoms with Crippen LogP contribution in [0.25, 0.3) is 15.9 Å². The number of carbonyl (C=O) groups excluding carboxylic acids is 1. The van der Waals surface area contributed by atoms with Crippen LogP contribution in [0.4, 0.5) is 8.78 Å². The van der Waals surface area contributed by atoms with Crippen molar-refractivity contribution < 1.29 is 13.6 Å². The van der Waals surface area contributed by atoms with Gasteiger partial charge >= 0.3 is 5.69 Å². The molecule has 1 fully saturated rings. The molecule has 1 saturated carbocycles. The second kappa shape index (κ2) is 7.31. The fourth-order valence-corrected chi connectivity index (χ4v) is 4.43. The lowest BCUT2D eigenvalue weighted by Gasteiger charge is -2.15. The van der Waals surface area contributed by atoms with E-state index in [2.05, 4.69) is 5.32 Å². The van der Waals surface area contributed by atoms with E-state index >= 15 is 0 Å². The Morgan fingerprint density at radius 1 is 1.18 bits per heavy atom. The number of nitrogens with zero attached hydrogens (tertiary/aromatic N) is 2. The van der Waals surface area contributed by atoms with Crippen LogP contribution in [0.3, 0.4) is 0 Å². The zero-order valence-electron chi connectivity index (χ0n) is 14.8. The van der Waals surface area contributed by atoms with Crippen molar-refractivity contribution in [2.45, 2.75) is 38.3 Å². The smallest absolute Gasteiger partial charge is 0.336 e. The van der Waals surface area contributed by atoms with E-state index < -0.39 is 22.9 Å². The third-order valence-electron chi connectivity index (χ3n) is 4.93. The number of hydrogen-bond donors (Lipinski definition) is 1. The number of halogens is 2. The Morgan fingerprint density at radius 2 is 1.93 bits per heavy atom. The van der Waals surface area contributed by atoms with Gasteiger partial charge in [0.15, 0.2) is 0 Å². The molecule has 1 aliphatic carbocycles. The molecule has 6 nitrogen and oxygen atoms in total. The summed E-state index contributed by atoms with van der Waals surface area (Å²) in [5, 5.41) is 4.53. The lowest BCUT2D eigenvalue weighted by Crippen LogP contribution is -2.43. The first kappa shape index (κ1) is 18.5. The number of amides is 1. The van der Waals surface area contributed by atoms with Crippen LogP contribution in [0.1, 0.15) is 25.7 Å². The number of aromatic nitrogens is 2. The summed E-state index contributed by atoms with van der Waals surface area (Å²) in [4.78, 5) is 38.2. The van der Waals surface area contributed by atoms with Crippen molar-refractivity contribution in [1.29, 1.82) is 0 Å². The molecule has 0 aliphatic heterocycles. The molecule has 0 bridgehead atoms. The van der Waals surface area contributed by atoms with E-state index in [1.165, 1.54) is 0 Å². The summed E-state index contributed by atoms with van der Waals surface area (Å²) < 4.78 is 29.5. The van der Waals surface area contributed by atoms with E-state index in [0.29, 0.717) is 16.2 Å². The SMILES string of the molecule is O=C(Cn1c(=O)n(-c2ccc(F)cc2F)c(=O)c2sccc21)NC1CCCC1. The van der Waals surface area contributed by atoms with Crippen LogP contribution in [0.15, 0.2) is 39.2 Å². The zero-order chi connectivity index (χ0) is 19.8. The van der Waals surface area contributed by atoms with Gasteiger partial charge in [-0.05, 0) is 36.4 Å². The van der Waals surface area contributed by atoms with Gasteiger partial charge in [0.25, 0.3) is 5.56 Å². The molecule has 1 amide bonds. The zero-order valence-corrected chi connectivity index (χ0v) is 15.6. The summed E-state index contributed by atoms with van der Waals surface area (Å²) in [6.07, 6.45) is 3.90. The standard InChI is InChI=1S/C19H17F2N3O3S/c20-11-5-6-14(13(21)9-11)24-18(26)17-15(7-8-28-17)23(19(24)27)10-16(25)22-12-3-1-2-4-12/h5-9,12H,1-4,10H2,(H,22,25). The van der Waals surface area contributed by atoms with E-state index in [-0.39, 0.29) is 28.9 Å². The van der Waals surface area contributed by atoms with Gasteiger partial charge in [-0.2, -0.15) is 0 Å². The van der Waals surface area contributed by atoms with Gasteiger partial charge in [-0.25, -0.2) is 18.1 Å². The van der Waals surface area contributed by atoms with Gasteiger partial charge in [0.2, 0.25) is 5.91 Å². The first-order chi connectivity index (χ1) is 13.5. The molecular weight excluding hydrogens is 388 g/mol. The molecule has 0 spiro atoms. The number of thiophene rings is 1. The molecule has 28 heavy (non-hydrogen) atoms. The van der Waals surface area contributed by atoms with Crippen LogP contribution in [0, 0.1) is 11.6 Å². The highest BCUT2D eigenvalue weighted by Gasteiger charge is 2.21. The molecule has 1 aliphatic rings. The summed E-state index contributed by atoms with van der Waals surface area (Å²) in [6, 6.07) is 4.28. The van der Waals surface area contributed by atoms with Gasteiger partial charge in [-0.3, -0.25) is 14.2 Å². The minimum absolute atomic E-state index is 0.0848. The van der Waals surface area contributed by atoms with Crippen molar-refractivity contribution in [2.75, 3.05) is 0 Å². The topological polar surface area (TPSA) is 73.1 Å². The first-order valence-electron chi connectivity index (χ1n) is 8.93. The first-order valence-corrected chi connectivity index (χ1v) is 9.81.